The lowest BCUT2D eigenvalue weighted by Crippen LogP contribution is -2.62. The molecule has 0 aliphatic heterocycles. The molecule has 152 valence electrons. The third kappa shape index (κ3) is 4.12. The van der Waals surface area contributed by atoms with Gasteiger partial charge in [0, 0.05) is 12.1 Å². The SMILES string of the molecule is C=CCOc1ccc(CN(C)[C@@H](C)C(=O)NC23CC4CC(CC(C4)C2)C3)cc1. The minimum atomic E-state index is -0.135. The van der Waals surface area contributed by atoms with E-state index < -0.39 is 0 Å². The molecule has 0 spiro atoms. The second-order valence-corrected chi connectivity index (χ2v) is 9.52. The first-order chi connectivity index (χ1) is 13.5. The topological polar surface area (TPSA) is 41.6 Å². The van der Waals surface area contributed by atoms with E-state index in [1.807, 2.05) is 26.1 Å². The lowest BCUT2D eigenvalue weighted by molar-refractivity contribution is -0.131. The van der Waals surface area contributed by atoms with Gasteiger partial charge in [-0.1, -0.05) is 24.8 Å². The zero-order chi connectivity index (χ0) is 19.7. The number of amides is 1. The molecule has 0 heterocycles. The maximum absolute atomic E-state index is 13.0. The Morgan fingerprint density at radius 2 is 1.79 bits per heavy atom. The van der Waals surface area contributed by atoms with Crippen LogP contribution in [0, 0.1) is 17.8 Å². The Morgan fingerprint density at radius 1 is 1.21 bits per heavy atom. The van der Waals surface area contributed by atoms with E-state index >= 15 is 0 Å². The molecule has 4 aliphatic carbocycles. The Kier molecular flexibility index (Phi) is 5.50. The fourth-order valence-corrected chi connectivity index (χ4v) is 6.10. The Labute approximate surface area is 169 Å². The molecule has 1 aromatic carbocycles. The van der Waals surface area contributed by atoms with Crippen LogP contribution in [0.4, 0.5) is 0 Å². The molecule has 28 heavy (non-hydrogen) atoms. The number of nitrogens with zero attached hydrogens (tertiary/aromatic N) is 1. The van der Waals surface area contributed by atoms with Crippen LogP contribution in [0.15, 0.2) is 36.9 Å². The molecule has 4 nitrogen and oxygen atoms in total. The van der Waals surface area contributed by atoms with Gasteiger partial charge in [-0.25, -0.2) is 0 Å². The van der Waals surface area contributed by atoms with Crippen molar-refractivity contribution in [3.63, 3.8) is 0 Å². The quantitative estimate of drug-likeness (QED) is 0.687. The highest BCUT2D eigenvalue weighted by Gasteiger charge is 2.51. The zero-order valence-electron chi connectivity index (χ0n) is 17.3. The van der Waals surface area contributed by atoms with Crippen LogP contribution in [0.25, 0.3) is 0 Å². The maximum Gasteiger partial charge on any atom is 0.237 e. The van der Waals surface area contributed by atoms with Crippen LogP contribution < -0.4 is 10.1 Å². The number of benzene rings is 1. The molecule has 0 aromatic heterocycles. The third-order valence-electron chi connectivity index (χ3n) is 7.19. The van der Waals surface area contributed by atoms with E-state index in [0.29, 0.717) is 6.61 Å². The van der Waals surface area contributed by atoms with Gasteiger partial charge >= 0.3 is 0 Å². The highest BCUT2D eigenvalue weighted by molar-refractivity contribution is 5.82. The molecule has 0 unspecified atom stereocenters. The first kappa shape index (κ1) is 19.5. The predicted molar refractivity (Wildman–Crippen MR) is 112 cm³/mol. The van der Waals surface area contributed by atoms with Crippen LogP contribution in [0.5, 0.6) is 5.75 Å². The zero-order valence-corrected chi connectivity index (χ0v) is 17.3. The molecule has 1 aromatic rings. The van der Waals surface area contributed by atoms with Gasteiger partial charge in [-0.15, -0.1) is 0 Å². The molecule has 4 fully saturated rings. The van der Waals surface area contributed by atoms with Crippen LogP contribution in [0.2, 0.25) is 0 Å². The van der Waals surface area contributed by atoms with E-state index in [0.717, 1.165) is 30.0 Å². The number of hydrogen-bond donors (Lipinski definition) is 1. The summed E-state index contributed by atoms with van der Waals surface area (Å²) in [6.07, 6.45) is 9.55. The van der Waals surface area contributed by atoms with Gasteiger partial charge in [-0.2, -0.15) is 0 Å². The lowest BCUT2D eigenvalue weighted by atomic mass is 9.53. The average molecular weight is 383 g/mol. The van der Waals surface area contributed by atoms with E-state index in [4.69, 9.17) is 4.74 Å². The van der Waals surface area contributed by atoms with E-state index in [-0.39, 0.29) is 17.5 Å². The molecule has 0 radical (unpaired) electrons. The van der Waals surface area contributed by atoms with Crippen molar-refractivity contribution in [2.24, 2.45) is 17.8 Å². The minimum Gasteiger partial charge on any atom is -0.490 e. The van der Waals surface area contributed by atoms with Crippen molar-refractivity contribution in [1.29, 1.82) is 0 Å². The summed E-state index contributed by atoms with van der Waals surface area (Å²) >= 11 is 0. The van der Waals surface area contributed by atoms with Crippen molar-refractivity contribution in [3.8, 4) is 5.75 Å². The molecule has 1 amide bonds. The van der Waals surface area contributed by atoms with Crippen LogP contribution in [-0.2, 0) is 11.3 Å². The minimum absolute atomic E-state index is 0.0884. The summed E-state index contributed by atoms with van der Waals surface area (Å²) in [6, 6.07) is 7.96. The number of nitrogens with one attached hydrogen (secondary N) is 1. The molecule has 1 N–H and O–H groups in total. The first-order valence-electron chi connectivity index (χ1n) is 10.8. The maximum atomic E-state index is 13.0. The number of carbonyl (C=O) groups is 1. The second kappa shape index (κ2) is 7.90. The van der Waals surface area contributed by atoms with Gasteiger partial charge < -0.3 is 10.1 Å². The summed E-state index contributed by atoms with van der Waals surface area (Å²) in [6.45, 7) is 6.95. The molecular weight excluding hydrogens is 348 g/mol. The number of rotatable bonds is 8. The summed E-state index contributed by atoms with van der Waals surface area (Å²) < 4.78 is 5.54. The van der Waals surface area contributed by atoms with E-state index in [9.17, 15) is 4.79 Å². The van der Waals surface area contributed by atoms with Crippen LogP contribution in [0.3, 0.4) is 0 Å². The van der Waals surface area contributed by atoms with Crippen molar-refractivity contribution in [3.05, 3.63) is 42.5 Å². The second-order valence-electron chi connectivity index (χ2n) is 9.52. The Hall–Kier alpha value is -1.81. The molecule has 4 heteroatoms. The van der Waals surface area contributed by atoms with Crippen molar-refractivity contribution < 1.29 is 9.53 Å². The first-order valence-corrected chi connectivity index (χ1v) is 10.8. The monoisotopic (exact) mass is 382 g/mol. The highest BCUT2D eigenvalue weighted by Crippen LogP contribution is 2.55. The Balaban J connectivity index is 1.33. The largest absolute Gasteiger partial charge is 0.490 e. The van der Waals surface area contributed by atoms with Crippen molar-refractivity contribution >= 4 is 5.91 Å². The fraction of sp³-hybridized carbons (Fsp3) is 0.625. The number of carbonyl (C=O) groups excluding carboxylic acids is 1. The summed E-state index contributed by atoms with van der Waals surface area (Å²) in [7, 11) is 2.03. The summed E-state index contributed by atoms with van der Waals surface area (Å²) in [5.74, 6) is 3.58. The highest BCUT2D eigenvalue weighted by atomic mass is 16.5. The third-order valence-corrected chi connectivity index (χ3v) is 7.19. The van der Waals surface area contributed by atoms with Gasteiger partial charge in [0.1, 0.15) is 12.4 Å². The molecule has 4 bridgehead atoms. The summed E-state index contributed by atoms with van der Waals surface area (Å²) in [4.78, 5) is 15.2. The molecule has 1 atom stereocenters. The van der Waals surface area contributed by atoms with Gasteiger partial charge in [0.25, 0.3) is 0 Å². The molecule has 4 aliphatic rings. The van der Waals surface area contributed by atoms with Gasteiger partial charge in [-0.3, -0.25) is 9.69 Å². The van der Waals surface area contributed by atoms with Crippen LogP contribution in [0.1, 0.15) is 51.0 Å². The number of ether oxygens (including phenoxy) is 1. The lowest BCUT2D eigenvalue weighted by Gasteiger charge is -2.57. The van der Waals surface area contributed by atoms with Crippen molar-refractivity contribution in [2.75, 3.05) is 13.7 Å². The van der Waals surface area contributed by atoms with E-state index in [1.165, 1.54) is 44.1 Å². The fourth-order valence-electron chi connectivity index (χ4n) is 6.10. The normalized spacial score (nSPS) is 31.6. The standard InChI is InChI=1S/C24H34N2O2/c1-4-9-28-22-7-5-18(6-8-22)16-26(3)17(2)23(27)25-24-13-19-10-20(14-24)12-21(11-19)15-24/h4-8,17,19-21H,1,9-16H2,2-3H3,(H,25,27)/t17-,19?,20?,21?,24?/m0/s1. The molecule has 0 saturated heterocycles. The number of hydrogen-bond acceptors (Lipinski definition) is 3. The van der Waals surface area contributed by atoms with Gasteiger partial charge in [-0.05, 0) is 87.9 Å². The molecule has 5 rings (SSSR count). The van der Waals surface area contributed by atoms with Crippen LogP contribution >= 0.6 is 0 Å². The van der Waals surface area contributed by atoms with Crippen LogP contribution in [-0.4, -0.2) is 36.0 Å². The average Bonchev–Trinajstić information content (AvgIpc) is 2.65. The van der Waals surface area contributed by atoms with E-state index in [2.05, 4.69) is 28.9 Å². The molecular formula is C24H34N2O2. The van der Waals surface area contributed by atoms with Gasteiger partial charge in [0.05, 0.1) is 6.04 Å². The summed E-state index contributed by atoms with van der Waals surface area (Å²) in [5, 5.41) is 3.51. The molecule has 4 saturated carbocycles. The smallest absolute Gasteiger partial charge is 0.237 e. The summed E-state index contributed by atoms with van der Waals surface area (Å²) in [5.41, 5.74) is 1.27. The van der Waals surface area contributed by atoms with Crippen molar-refractivity contribution in [2.45, 2.75) is 63.6 Å². The van der Waals surface area contributed by atoms with E-state index in [1.54, 1.807) is 6.08 Å². The Bertz CT molecular complexity index is 677. The van der Waals surface area contributed by atoms with Gasteiger partial charge in [0.15, 0.2) is 0 Å². The van der Waals surface area contributed by atoms with Crippen molar-refractivity contribution in [1.82, 2.24) is 10.2 Å². The van der Waals surface area contributed by atoms with Gasteiger partial charge in [0.2, 0.25) is 5.91 Å². The predicted octanol–water partition coefficient (Wildman–Crippen LogP) is 4.16. The Morgan fingerprint density at radius 3 is 2.32 bits per heavy atom. The number of likely N-dealkylation sites (N-methyl/N-ethyl adjacent to an activating group) is 1.